The number of amides is 1. The summed E-state index contributed by atoms with van der Waals surface area (Å²) in [5, 5.41) is 3.49. The van der Waals surface area contributed by atoms with Crippen LogP contribution in [0.1, 0.15) is 16.7 Å². The van der Waals surface area contributed by atoms with Gasteiger partial charge in [-0.25, -0.2) is 8.42 Å². The zero-order valence-corrected chi connectivity index (χ0v) is 18.6. The Labute approximate surface area is 176 Å². The van der Waals surface area contributed by atoms with Crippen molar-refractivity contribution in [2.45, 2.75) is 19.6 Å². The Hall–Kier alpha value is -1.70. The number of hydrogen-bond donors (Lipinski definition) is 1. The first-order valence-corrected chi connectivity index (χ1v) is 12.2. The number of halogens is 1. The number of hydrogen-bond acceptors (Lipinski definition) is 4. The normalized spacial score (nSPS) is 11.3. The van der Waals surface area contributed by atoms with Crippen molar-refractivity contribution in [2.24, 2.45) is 0 Å². The molecule has 0 bridgehead atoms. The smallest absolute Gasteiger partial charge is 0.240 e. The summed E-state index contributed by atoms with van der Waals surface area (Å²) in [5.74, 6) is 1.20. The number of thioether (sulfide) groups is 1. The summed E-state index contributed by atoms with van der Waals surface area (Å²) in [6, 6.07) is 13.0. The molecule has 28 heavy (non-hydrogen) atoms. The third-order valence-electron chi connectivity index (χ3n) is 4.19. The van der Waals surface area contributed by atoms with Crippen LogP contribution in [0.5, 0.6) is 0 Å². The Balaban J connectivity index is 1.85. The maximum atomic E-state index is 12.3. The van der Waals surface area contributed by atoms with E-state index in [9.17, 15) is 13.2 Å². The van der Waals surface area contributed by atoms with Crippen molar-refractivity contribution >= 4 is 45.0 Å². The first-order valence-electron chi connectivity index (χ1n) is 8.80. The second kappa shape index (κ2) is 10.2. The van der Waals surface area contributed by atoms with Crippen LogP contribution in [0.4, 0.5) is 5.69 Å². The Kier molecular flexibility index (Phi) is 8.22. The lowest BCUT2D eigenvalue weighted by atomic mass is 10.1. The molecule has 0 aliphatic rings. The molecule has 0 aliphatic heterocycles. The molecule has 152 valence electrons. The molecular weight excluding hydrogens is 416 g/mol. The van der Waals surface area contributed by atoms with E-state index in [4.69, 9.17) is 11.6 Å². The van der Waals surface area contributed by atoms with E-state index in [2.05, 4.69) is 5.32 Å². The molecule has 0 fully saturated rings. The zero-order chi connectivity index (χ0) is 20.7. The Bertz CT molecular complexity index is 933. The molecule has 0 unspecified atom stereocenters. The van der Waals surface area contributed by atoms with E-state index in [0.717, 1.165) is 38.8 Å². The molecule has 2 aromatic rings. The molecule has 0 saturated heterocycles. The summed E-state index contributed by atoms with van der Waals surface area (Å²) >= 11 is 7.64. The quantitative estimate of drug-likeness (QED) is 0.602. The van der Waals surface area contributed by atoms with Gasteiger partial charge in [0, 0.05) is 23.1 Å². The van der Waals surface area contributed by atoms with Gasteiger partial charge in [0.25, 0.3) is 0 Å². The number of anilines is 1. The second-order valence-corrected chi connectivity index (χ2v) is 10.0. The van der Waals surface area contributed by atoms with Crippen molar-refractivity contribution in [2.75, 3.05) is 29.4 Å². The van der Waals surface area contributed by atoms with E-state index in [1.165, 1.54) is 0 Å². The molecule has 0 saturated carbocycles. The Morgan fingerprint density at radius 3 is 2.54 bits per heavy atom. The van der Waals surface area contributed by atoms with E-state index in [0.29, 0.717) is 17.3 Å². The van der Waals surface area contributed by atoms with Gasteiger partial charge in [-0.15, -0.1) is 0 Å². The van der Waals surface area contributed by atoms with Gasteiger partial charge in [-0.2, -0.15) is 11.8 Å². The fourth-order valence-electron chi connectivity index (χ4n) is 2.55. The van der Waals surface area contributed by atoms with Gasteiger partial charge < -0.3 is 5.32 Å². The number of benzene rings is 2. The fourth-order valence-corrected chi connectivity index (χ4v) is 4.41. The van der Waals surface area contributed by atoms with Crippen LogP contribution in [0.2, 0.25) is 5.02 Å². The van der Waals surface area contributed by atoms with Gasteiger partial charge in [-0.3, -0.25) is 9.10 Å². The number of sulfonamides is 1. The predicted octanol–water partition coefficient (Wildman–Crippen LogP) is 3.77. The Morgan fingerprint density at radius 1 is 1.14 bits per heavy atom. The zero-order valence-electron chi connectivity index (χ0n) is 16.2. The van der Waals surface area contributed by atoms with Crippen LogP contribution < -0.4 is 9.62 Å². The summed E-state index contributed by atoms with van der Waals surface area (Å²) in [6.45, 7) is 4.10. The lowest BCUT2D eigenvalue weighted by Gasteiger charge is -2.22. The summed E-state index contributed by atoms with van der Waals surface area (Å²) in [5.41, 5.74) is 3.67. The molecule has 8 heteroatoms. The molecular formula is C20H25ClN2O3S2. The van der Waals surface area contributed by atoms with Gasteiger partial charge in [-0.05, 0) is 54.8 Å². The van der Waals surface area contributed by atoms with Gasteiger partial charge in [-0.1, -0.05) is 29.8 Å². The molecule has 1 N–H and O–H groups in total. The average Bonchev–Trinajstić information content (AvgIpc) is 2.61. The van der Waals surface area contributed by atoms with Crippen LogP contribution in [-0.2, 0) is 20.6 Å². The summed E-state index contributed by atoms with van der Waals surface area (Å²) in [7, 11) is -3.56. The molecule has 0 spiro atoms. The molecule has 2 rings (SSSR count). The van der Waals surface area contributed by atoms with Gasteiger partial charge in [0.2, 0.25) is 15.9 Å². The highest BCUT2D eigenvalue weighted by Gasteiger charge is 2.21. The minimum absolute atomic E-state index is 0.236. The summed E-state index contributed by atoms with van der Waals surface area (Å²) in [6.07, 6.45) is 1.11. The average molecular weight is 441 g/mol. The molecule has 0 atom stereocenters. The fraction of sp³-hybridized carbons (Fsp3) is 0.350. The van der Waals surface area contributed by atoms with E-state index in [-0.39, 0.29) is 12.5 Å². The first kappa shape index (κ1) is 22.6. The monoisotopic (exact) mass is 440 g/mol. The number of rotatable bonds is 9. The van der Waals surface area contributed by atoms with Crippen LogP contribution in [0.25, 0.3) is 0 Å². The van der Waals surface area contributed by atoms with Crippen molar-refractivity contribution in [3.63, 3.8) is 0 Å². The highest BCUT2D eigenvalue weighted by atomic mass is 35.5. The van der Waals surface area contributed by atoms with E-state index < -0.39 is 10.0 Å². The van der Waals surface area contributed by atoms with Gasteiger partial charge in [0.05, 0.1) is 11.9 Å². The first-order chi connectivity index (χ1) is 13.2. The van der Waals surface area contributed by atoms with E-state index >= 15 is 0 Å². The van der Waals surface area contributed by atoms with Gasteiger partial charge in [0.1, 0.15) is 6.54 Å². The Morgan fingerprint density at radius 2 is 1.89 bits per heavy atom. The molecule has 0 aliphatic carbocycles. The largest absolute Gasteiger partial charge is 0.354 e. The molecule has 5 nitrogen and oxygen atoms in total. The van der Waals surface area contributed by atoms with Crippen molar-refractivity contribution in [1.29, 1.82) is 0 Å². The molecule has 0 heterocycles. The molecule has 0 radical (unpaired) electrons. The maximum absolute atomic E-state index is 12.3. The van der Waals surface area contributed by atoms with Gasteiger partial charge >= 0.3 is 0 Å². The minimum Gasteiger partial charge on any atom is -0.354 e. The van der Waals surface area contributed by atoms with Crippen LogP contribution in [0.3, 0.4) is 0 Å². The molecule has 2 aromatic carbocycles. The van der Waals surface area contributed by atoms with Crippen molar-refractivity contribution in [3.05, 3.63) is 64.2 Å². The van der Waals surface area contributed by atoms with E-state index in [1.807, 2.05) is 44.2 Å². The van der Waals surface area contributed by atoms with Crippen LogP contribution in [0.15, 0.2) is 42.5 Å². The summed E-state index contributed by atoms with van der Waals surface area (Å²) in [4.78, 5) is 12.3. The lowest BCUT2D eigenvalue weighted by molar-refractivity contribution is -0.119. The minimum atomic E-state index is -3.56. The predicted molar refractivity (Wildman–Crippen MR) is 119 cm³/mol. The topological polar surface area (TPSA) is 66.5 Å². The number of aryl methyl sites for hydroxylation is 2. The van der Waals surface area contributed by atoms with Crippen LogP contribution in [0, 0.1) is 13.8 Å². The summed E-state index contributed by atoms with van der Waals surface area (Å²) < 4.78 is 25.4. The number of carbonyl (C=O) groups excluding carboxylic acids is 1. The second-order valence-electron chi connectivity index (χ2n) is 6.57. The van der Waals surface area contributed by atoms with Crippen LogP contribution >= 0.6 is 23.4 Å². The standard InChI is InChI=1S/C20H25ClN2O3S2/c1-15-7-8-19(11-16(15)2)23(28(3,25)26)13-20(24)22-9-10-27-14-17-5-4-6-18(21)12-17/h4-8,11-12H,9-10,13-14H2,1-3H3,(H,22,24). The molecule has 0 aromatic heterocycles. The highest BCUT2D eigenvalue weighted by Crippen LogP contribution is 2.21. The molecule has 1 amide bonds. The van der Waals surface area contributed by atoms with Crippen molar-refractivity contribution < 1.29 is 13.2 Å². The van der Waals surface area contributed by atoms with E-state index in [1.54, 1.807) is 23.9 Å². The van der Waals surface area contributed by atoms with Crippen molar-refractivity contribution in [3.8, 4) is 0 Å². The number of carbonyl (C=O) groups is 1. The third kappa shape index (κ3) is 7.04. The SMILES string of the molecule is Cc1ccc(N(CC(=O)NCCSCc2cccc(Cl)c2)S(C)(=O)=O)cc1C. The lowest BCUT2D eigenvalue weighted by Crippen LogP contribution is -2.41. The highest BCUT2D eigenvalue weighted by molar-refractivity contribution is 7.98. The third-order valence-corrected chi connectivity index (χ3v) is 6.60. The van der Waals surface area contributed by atoms with Crippen molar-refractivity contribution in [1.82, 2.24) is 5.32 Å². The van der Waals surface area contributed by atoms with Gasteiger partial charge in [0.15, 0.2) is 0 Å². The number of nitrogens with one attached hydrogen (secondary N) is 1. The number of nitrogens with zero attached hydrogens (tertiary/aromatic N) is 1. The maximum Gasteiger partial charge on any atom is 0.240 e. The van der Waals surface area contributed by atoms with Crippen LogP contribution in [-0.4, -0.2) is 39.4 Å².